The lowest BCUT2D eigenvalue weighted by Crippen LogP contribution is -2.30. The molecule has 6 nitrogen and oxygen atoms in total. The molecule has 0 N–H and O–H groups in total. The van der Waals surface area contributed by atoms with Gasteiger partial charge in [0.05, 0.1) is 0 Å². The van der Waals surface area contributed by atoms with Crippen molar-refractivity contribution in [2.24, 2.45) is 0 Å². The van der Waals surface area contributed by atoms with Crippen LogP contribution in [0, 0.1) is 0 Å². The Kier molecular flexibility index (Phi) is 57.7. The van der Waals surface area contributed by atoms with Crippen LogP contribution in [0.15, 0.2) is 48.6 Å². The zero-order valence-electron chi connectivity index (χ0n) is 47.5. The molecule has 0 aliphatic rings. The maximum atomic E-state index is 12.9. The molecule has 0 radical (unpaired) electrons. The minimum Gasteiger partial charge on any atom is -0.462 e. The number of hydrogen-bond acceptors (Lipinski definition) is 6. The normalized spacial score (nSPS) is 12.3. The number of carbonyl (C=O) groups is 3. The molecular formula is C65H118O6. The molecule has 1 unspecified atom stereocenters. The summed E-state index contributed by atoms with van der Waals surface area (Å²) in [6, 6.07) is 0. The lowest BCUT2D eigenvalue weighted by Gasteiger charge is -2.18. The highest BCUT2D eigenvalue weighted by Gasteiger charge is 2.19. The summed E-state index contributed by atoms with van der Waals surface area (Å²) in [5, 5.41) is 0. The molecule has 0 heterocycles. The number of esters is 3. The summed E-state index contributed by atoms with van der Waals surface area (Å²) in [6.45, 7) is 6.64. The summed E-state index contributed by atoms with van der Waals surface area (Å²) in [5.74, 6) is -0.861. The highest BCUT2D eigenvalue weighted by molar-refractivity contribution is 5.71. The highest BCUT2D eigenvalue weighted by Crippen LogP contribution is 2.17. The molecule has 6 heteroatoms. The van der Waals surface area contributed by atoms with Crippen molar-refractivity contribution in [2.45, 2.75) is 335 Å². The largest absolute Gasteiger partial charge is 0.462 e. The Hall–Kier alpha value is -2.63. The maximum absolute atomic E-state index is 12.9. The predicted octanol–water partition coefficient (Wildman–Crippen LogP) is 21.0. The Balaban J connectivity index is 4.27. The fourth-order valence-corrected chi connectivity index (χ4v) is 9.09. The fourth-order valence-electron chi connectivity index (χ4n) is 9.09. The third-order valence-corrected chi connectivity index (χ3v) is 13.8. The molecule has 0 saturated carbocycles. The highest BCUT2D eigenvalue weighted by atomic mass is 16.6. The van der Waals surface area contributed by atoms with Crippen molar-refractivity contribution in [3.8, 4) is 0 Å². The van der Waals surface area contributed by atoms with Crippen LogP contribution in [0.3, 0.4) is 0 Å². The molecule has 0 aromatic carbocycles. The van der Waals surface area contributed by atoms with Gasteiger partial charge in [-0.3, -0.25) is 14.4 Å². The maximum Gasteiger partial charge on any atom is 0.306 e. The van der Waals surface area contributed by atoms with Crippen molar-refractivity contribution in [1.82, 2.24) is 0 Å². The standard InChI is InChI=1S/C65H118O6/c1-4-7-10-13-16-19-22-24-26-28-30-31-32-33-35-36-38-40-43-46-49-52-55-58-64(67)70-61-62(60-69-63(66)57-54-51-48-45-42-21-18-15-12-9-6-3)71-65(68)59-56-53-50-47-44-41-39-37-34-29-27-25-23-20-17-14-11-8-5-2/h17,20,22,24-25,27-28,30,62H,4-16,18-19,21,23,26,29,31-61H2,1-3H3/b20-17-,24-22-,27-25-,30-28-. The first kappa shape index (κ1) is 68.4. The lowest BCUT2D eigenvalue weighted by molar-refractivity contribution is -0.167. The summed E-state index contributed by atoms with van der Waals surface area (Å²) in [5.41, 5.74) is 0. The lowest BCUT2D eigenvalue weighted by atomic mass is 10.0. The van der Waals surface area contributed by atoms with Gasteiger partial charge in [-0.1, -0.05) is 275 Å². The van der Waals surface area contributed by atoms with Crippen molar-refractivity contribution in [1.29, 1.82) is 0 Å². The molecule has 0 rings (SSSR count). The van der Waals surface area contributed by atoms with Crippen molar-refractivity contribution in [3.05, 3.63) is 48.6 Å². The molecular weight excluding hydrogens is 877 g/mol. The second-order valence-corrected chi connectivity index (χ2v) is 21.0. The van der Waals surface area contributed by atoms with Gasteiger partial charge in [-0.15, -0.1) is 0 Å². The van der Waals surface area contributed by atoms with Gasteiger partial charge in [-0.25, -0.2) is 0 Å². The van der Waals surface area contributed by atoms with Gasteiger partial charge >= 0.3 is 17.9 Å². The van der Waals surface area contributed by atoms with Crippen LogP contribution in [-0.2, 0) is 28.6 Å². The van der Waals surface area contributed by atoms with Crippen LogP contribution in [0.1, 0.15) is 329 Å². The summed E-state index contributed by atoms with van der Waals surface area (Å²) < 4.78 is 16.9. The Labute approximate surface area is 441 Å². The van der Waals surface area contributed by atoms with Gasteiger partial charge in [0.1, 0.15) is 13.2 Å². The van der Waals surface area contributed by atoms with E-state index in [1.165, 1.54) is 218 Å². The Morgan fingerprint density at radius 3 is 0.803 bits per heavy atom. The molecule has 0 aliphatic heterocycles. The van der Waals surface area contributed by atoms with E-state index in [2.05, 4.69) is 69.4 Å². The van der Waals surface area contributed by atoms with Gasteiger partial charge in [0.15, 0.2) is 6.10 Å². The van der Waals surface area contributed by atoms with E-state index < -0.39 is 6.10 Å². The van der Waals surface area contributed by atoms with E-state index in [-0.39, 0.29) is 31.1 Å². The quantitative estimate of drug-likeness (QED) is 0.0261. The average Bonchev–Trinajstić information content (AvgIpc) is 3.37. The van der Waals surface area contributed by atoms with Gasteiger partial charge in [-0.2, -0.15) is 0 Å². The first-order valence-corrected chi connectivity index (χ1v) is 31.1. The van der Waals surface area contributed by atoms with Gasteiger partial charge in [0.25, 0.3) is 0 Å². The minimum absolute atomic E-state index is 0.0719. The third-order valence-electron chi connectivity index (χ3n) is 13.8. The number of unbranched alkanes of at least 4 members (excludes halogenated alkanes) is 38. The summed E-state index contributed by atoms with van der Waals surface area (Å²) in [4.78, 5) is 38.2. The van der Waals surface area contributed by atoms with Crippen molar-refractivity contribution in [3.63, 3.8) is 0 Å². The molecule has 0 spiro atoms. The minimum atomic E-state index is -0.774. The molecule has 0 aliphatic carbocycles. The van der Waals surface area contributed by atoms with Crippen LogP contribution in [0.2, 0.25) is 0 Å². The number of carbonyl (C=O) groups excluding carboxylic acids is 3. The Morgan fingerprint density at radius 2 is 0.507 bits per heavy atom. The second-order valence-electron chi connectivity index (χ2n) is 21.0. The van der Waals surface area contributed by atoms with Gasteiger partial charge in [-0.05, 0) is 83.5 Å². The molecule has 414 valence electrons. The van der Waals surface area contributed by atoms with Gasteiger partial charge in [0, 0.05) is 19.3 Å². The molecule has 0 saturated heterocycles. The molecule has 0 aromatic rings. The van der Waals surface area contributed by atoms with E-state index in [9.17, 15) is 14.4 Å². The first-order valence-electron chi connectivity index (χ1n) is 31.1. The summed E-state index contributed by atoms with van der Waals surface area (Å²) in [6.07, 6.45) is 73.9. The van der Waals surface area contributed by atoms with E-state index in [4.69, 9.17) is 14.2 Å². The monoisotopic (exact) mass is 995 g/mol. The molecule has 0 aromatic heterocycles. The number of rotatable bonds is 57. The Morgan fingerprint density at radius 1 is 0.282 bits per heavy atom. The second kappa shape index (κ2) is 59.9. The average molecular weight is 996 g/mol. The van der Waals surface area contributed by atoms with Gasteiger partial charge in [0.2, 0.25) is 0 Å². The SMILES string of the molecule is CCCCC/C=C\C/C=C\CCCCCCCCCCCC(=O)OC(COC(=O)CCCCCCCCCCCCC)COC(=O)CCCCCCCCCCCCC/C=C\C/C=C\CCCCCCC. The number of allylic oxidation sites excluding steroid dienone is 8. The van der Waals surface area contributed by atoms with E-state index in [0.29, 0.717) is 19.3 Å². The van der Waals surface area contributed by atoms with Crippen LogP contribution in [0.5, 0.6) is 0 Å². The first-order chi connectivity index (χ1) is 35.0. The predicted molar refractivity (Wildman–Crippen MR) is 307 cm³/mol. The Bertz CT molecular complexity index is 1230. The van der Waals surface area contributed by atoms with Crippen LogP contribution in [0.25, 0.3) is 0 Å². The zero-order valence-corrected chi connectivity index (χ0v) is 47.5. The van der Waals surface area contributed by atoms with Crippen LogP contribution < -0.4 is 0 Å². The third kappa shape index (κ3) is 58.1. The van der Waals surface area contributed by atoms with Crippen molar-refractivity contribution >= 4 is 17.9 Å². The fraction of sp³-hybridized carbons (Fsp3) is 0.831. The van der Waals surface area contributed by atoms with Crippen LogP contribution in [0.4, 0.5) is 0 Å². The van der Waals surface area contributed by atoms with Crippen LogP contribution >= 0.6 is 0 Å². The summed E-state index contributed by atoms with van der Waals surface area (Å²) >= 11 is 0. The van der Waals surface area contributed by atoms with Gasteiger partial charge < -0.3 is 14.2 Å². The molecule has 0 fully saturated rings. The summed E-state index contributed by atoms with van der Waals surface area (Å²) in [7, 11) is 0. The van der Waals surface area contributed by atoms with E-state index >= 15 is 0 Å². The number of ether oxygens (including phenoxy) is 3. The smallest absolute Gasteiger partial charge is 0.306 e. The molecule has 0 bridgehead atoms. The zero-order chi connectivity index (χ0) is 51.4. The van der Waals surface area contributed by atoms with Crippen molar-refractivity contribution < 1.29 is 28.6 Å². The topological polar surface area (TPSA) is 78.9 Å². The van der Waals surface area contributed by atoms with E-state index in [1.807, 2.05) is 0 Å². The van der Waals surface area contributed by atoms with Crippen molar-refractivity contribution in [2.75, 3.05) is 13.2 Å². The molecule has 1 atom stereocenters. The number of hydrogen-bond donors (Lipinski definition) is 0. The van der Waals surface area contributed by atoms with E-state index in [1.54, 1.807) is 0 Å². The molecule has 0 amide bonds. The molecule has 71 heavy (non-hydrogen) atoms. The van der Waals surface area contributed by atoms with E-state index in [0.717, 1.165) is 70.6 Å². The van der Waals surface area contributed by atoms with Crippen LogP contribution in [-0.4, -0.2) is 37.2 Å².